The van der Waals surface area contributed by atoms with Crippen LogP contribution in [0.4, 0.5) is 17.1 Å². The molecule has 2 heteroatoms. The number of benzene rings is 9. The van der Waals surface area contributed by atoms with Crippen LogP contribution < -0.4 is 4.90 Å². The molecule has 0 aliphatic heterocycles. The van der Waals surface area contributed by atoms with Gasteiger partial charge in [0.05, 0.1) is 5.69 Å². The van der Waals surface area contributed by atoms with E-state index in [9.17, 15) is 0 Å². The van der Waals surface area contributed by atoms with E-state index in [0.717, 1.165) is 39.0 Å². The smallest absolute Gasteiger partial charge is 0.136 e. The summed E-state index contributed by atoms with van der Waals surface area (Å²) in [5, 5.41) is 12.2. The summed E-state index contributed by atoms with van der Waals surface area (Å²) in [6.45, 7) is 0. The number of furan rings is 1. The van der Waals surface area contributed by atoms with Gasteiger partial charge in [-0.1, -0.05) is 133 Å². The molecule has 0 unspecified atom stereocenters. The Hall–Kier alpha value is -6.38. The molecule has 48 heavy (non-hydrogen) atoms. The van der Waals surface area contributed by atoms with Gasteiger partial charge in [0.15, 0.2) is 0 Å². The second-order valence-electron chi connectivity index (χ2n) is 12.5. The lowest BCUT2D eigenvalue weighted by atomic mass is 9.95. The fourth-order valence-corrected chi connectivity index (χ4v) is 7.59. The lowest BCUT2D eigenvalue weighted by molar-refractivity contribution is 0.669. The van der Waals surface area contributed by atoms with Crippen LogP contribution in [0.5, 0.6) is 0 Å². The molecular formula is C46H29NO. The monoisotopic (exact) mass is 611 g/mol. The highest BCUT2D eigenvalue weighted by atomic mass is 16.3. The molecule has 9 aromatic carbocycles. The summed E-state index contributed by atoms with van der Waals surface area (Å²) >= 11 is 0. The second-order valence-corrected chi connectivity index (χ2v) is 12.5. The molecule has 0 N–H and O–H groups in total. The zero-order valence-electron chi connectivity index (χ0n) is 26.1. The highest BCUT2D eigenvalue weighted by Gasteiger charge is 2.19. The van der Waals surface area contributed by atoms with Gasteiger partial charge in [0.1, 0.15) is 11.2 Å². The number of hydrogen-bond acceptors (Lipinski definition) is 2. The van der Waals surface area contributed by atoms with Gasteiger partial charge in [-0.15, -0.1) is 0 Å². The number of anilines is 3. The number of hydrogen-bond donors (Lipinski definition) is 0. The van der Waals surface area contributed by atoms with Gasteiger partial charge >= 0.3 is 0 Å². The van der Waals surface area contributed by atoms with E-state index in [4.69, 9.17) is 4.42 Å². The summed E-state index contributed by atoms with van der Waals surface area (Å²) in [5.41, 5.74) is 7.53. The SMILES string of the molecule is c1ccc(-c2ccccc2N(c2ccc3c(ccc4oc5ccccc5c43)c2)c2ccc3ccc4ccc5ccccc5c4c3c2)cc1. The van der Waals surface area contributed by atoms with Crippen LogP contribution in [0, 0.1) is 0 Å². The molecule has 2 nitrogen and oxygen atoms in total. The fourth-order valence-electron chi connectivity index (χ4n) is 7.59. The van der Waals surface area contributed by atoms with E-state index in [0.29, 0.717) is 0 Å². The van der Waals surface area contributed by atoms with Crippen LogP contribution in [0.15, 0.2) is 180 Å². The van der Waals surface area contributed by atoms with Crippen molar-refractivity contribution >= 4 is 82.1 Å². The Kier molecular flexibility index (Phi) is 5.91. The highest BCUT2D eigenvalue weighted by Crippen LogP contribution is 2.44. The van der Waals surface area contributed by atoms with E-state index < -0.39 is 0 Å². The van der Waals surface area contributed by atoms with Crippen LogP contribution in [-0.2, 0) is 0 Å². The van der Waals surface area contributed by atoms with Crippen LogP contribution in [-0.4, -0.2) is 0 Å². The Bertz CT molecular complexity index is 2840. The first-order valence-corrected chi connectivity index (χ1v) is 16.4. The van der Waals surface area contributed by atoms with E-state index >= 15 is 0 Å². The molecule has 0 aliphatic carbocycles. The highest BCUT2D eigenvalue weighted by molar-refractivity contribution is 6.21. The first-order chi connectivity index (χ1) is 23.8. The molecule has 10 aromatic rings. The van der Waals surface area contributed by atoms with Gasteiger partial charge in [-0.25, -0.2) is 0 Å². The van der Waals surface area contributed by atoms with Gasteiger partial charge in [0.25, 0.3) is 0 Å². The molecule has 224 valence electrons. The van der Waals surface area contributed by atoms with Gasteiger partial charge in [-0.2, -0.15) is 0 Å². The van der Waals surface area contributed by atoms with E-state index in [1.807, 2.05) is 12.1 Å². The first-order valence-electron chi connectivity index (χ1n) is 16.4. The predicted octanol–water partition coefficient (Wildman–Crippen LogP) is 13.3. The quantitative estimate of drug-likeness (QED) is 0.184. The van der Waals surface area contributed by atoms with Crippen molar-refractivity contribution in [2.75, 3.05) is 4.90 Å². The van der Waals surface area contributed by atoms with E-state index in [1.54, 1.807) is 0 Å². The third-order valence-electron chi connectivity index (χ3n) is 9.80. The minimum Gasteiger partial charge on any atom is -0.456 e. The summed E-state index contributed by atoms with van der Waals surface area (Å²) < 4.78 is 6.24. The molecule has 0 saturated heterocycles. The Morgan fingerprint density at radius 3 is 1.88 bits per heavy atom. The zero-order chi connectivity index (χ0) is 31.6. The van der Waals surface area contributed by atoms with Crippen LogP contribution in [0.1, 0.15) is 0 Å². The van der Waals surface area contributed by atoms with E-state index in [-0.39, 0.29) is 0 Å². The topological polar surface area (TPSA) is 16.4 Å². The van der Waals surface area contributed by atoms with Gasteiger partial charge in [0, 0.05) is 27.7 Å². The maximum absolute atomic E-state index is 6.24. The summed E-state index contributed by atoms with van der Waals surface area (Å²) in [4.78, 5) is 2.42. The maximum Gasteiger partial charge on any atom is 0.136 e. The Balaban J connectivity index is 1.26. The van der Waals surface area contributed by atoms with Crippen LogP contribution >= 0.6 is 0 Å². The van der Waals surface area contributed by atoms with E-state index in [1.165, 1.54) is 54.2 Å². The molecule has 0 amide bonds. The fraction of sp³-hybridized carbons (Fsp3) is 0. The summed E-state index contributed by atoms with van der Waals surface area (Å²) in [6.07, 6.45) is 0. The van der Waals surface area contributed by atoms with E-state index in [2.05, 4.69) is 169 Å². The molecule has 0 spiro atoms. The van der Waals surface area contributed by atoms with Crippen molar-refractivity contribution in [3.05, 3.63) is 176 Å². The summed E-state index contributed by atoms with van der Waals surface area (Å²) in [7, 11) is 0. The minimum atomic E-state index is 0.913. The molecule has 0 fully saturated rings. The van der Waals surface area contributed by atoms with Crippen LogP contribution in [0.25, 0.3) is 76.2 Å². The average Bonchev–Trinajstić information content (AvgIpc) is 3.54. The molecule has 1 heterocycles. The third-order valence-corrected chi connectivity index (χ3v) is 9.80. The number of rotatable bonds is 4. The standard InChI is InChI=1S/C46H29NO/c1-2-10-30(11-3-1)37-13-6-8-16-42(37)47(35-25-26-39-34(28-35)23-27-44-46(39)40-15-7-9-17-43(40)48-44)36-24-22-32-19-21-33-20-18-31-12-4-5-14-38(31)45(33)41(32)29-36/h1-29H. The van der Waals surface area contributed by atoms with Crippen molar-refractivity contribution < 1.29 is 4.42 Å². The van der Waals surface area contributed by atoms with Gasteiger partial charge in [-0.3, -0.25) is 0 Å². The molecule has 0 saturated carbocycles. The summed E-state index contributed by atoms with van der Waals surface area (Å²) in [5.74, 6) is 0. The molecule has 0 aliphatic rings. The van der Waals surface area contributed by atoms with Crippen molar-refractivity contribution in [1.82, 2.24) is 0 Å². The van der Waals surface area contributed by atoms with Crippen LogP contribution in [0.2, 0.25) is 0 Å². The Labute approximate surface area is 277 Å². The van der Waals surface area contributed by atoms with Crippen molar-refractivity contribution in [3.63, 3.8) is 0 Å². The number of para-hydroxylation sites is 2. The largest absolute Gasteiger partial charge is 0.456 e. The molecule has 0 radical (unpaired) electrons. The third kappa shape index (κ3) is 4.13. The molecule has 10 rings (SSSR count). The maximum atomic E-state index is 6.24. The average molecular weight is 612 g/mol. The van der Waals surface area contributed by atoms with Crippen LogP contribution in [0.3, 0.4) is 0 Å². The lowest BCUT2D eigenvalue weighted by Gasteiger charge is -2.28. The van der Waals surface area contributed by atoms with Gasteiger partial charge in [0.2, 0.25) is 0 Å². The number of nitrogens with zero attached hydrogens (tertiary/aromatic N) is 1. The number of fused-ring (bicyclic) bond motifs is 10. The Morgan fingerprint density at radius 2 is 0.979 bits per heavy atom. The van der Waals surface area contributed by atoms with Gasteiger partial charge < -0.3 is 9.32 Å². The molecular weight excluding hydrogens is 583 g/mol. The van der Waals surface area contributed by atoms with Crippen molar-refractivity contribution in [3.8, 4) is 11.1 Å². The molecule has 0 bridgehead atoms. The van der Waals surface area contributed by atoms with Crippen molar-refractivity contribution in [2.24, 2.45) is 0 Å². The molecule has 1 aromatic heterocycles. The predicted molar refractivity (Wildman–Crippen MR) is 204 cm³/mol. The zero-order valence-corrected chi connectivity index (χ0v) is 26.1. The van der Waals surface area contributed by atoms with Crippen molar-refractivity contribution in [2.45, 2.75) is 0 Å². The minimum absolute atomic E-state index is 0.913. The molecule has 0 atom stereocenters. The summed E-state index contributed by atoms with van der Waals surface area (Å²) in [6, 6.07) is 63.4. The van der Waals surface area contributed by atoms with Gasteiger partial charge in [-0.05, 0) is 91.1 Å². The lowest BCUT2D eigenvalue weighted by Crippen LogP contribution is -2.11. The first kappa shape index (κ1) is 26.8. The Morgan fingerprint density at radius 1 is 0.354 bits per heavy atom. The second kappa shape index (κ2) is 10.6. The normalized spacial score (nSPS) is 11.8. The van der Waals surface area contributed by atoms with Crippen molar-refractivity contribution in [1.29, 1.82) is 0 Å².